The molecule has 2 aromatic carbocycles. The van der Waals surface area contributed by atoms with Gasteiger partial charge in [0.2, 0.25) is 5.91 Å². The zero-order chi connectivity index (χ0) is 14.7. The lowest BCUT2D eigenvalue weighted by Crippen LogP contribution is -2.38. The molecule has 3 nitrogen and oxygen atoms in total. The molecule has 0 bridgehead atoms. The molecule has 1 aromatic heterocycles. The lowest BCUT2D eigenvalue weighted by atomic mass is 9.71. The highest BCUT2D eigenvalue weighted by molar-refractivity contribution is 5.97. The molecule has 0 saturated carbocycles. The number of rotatable bonds is 0. The van der Waals surface area contributed by atoms with Crippen LogP contribution < -0.4 is 5.32 Å². The van der Waals surface area contributed by atoms with Gasteiger partial charge in [-0.2, -0.15) is 0 Å². The molecule has 1 aliphatic carbocycles. The van der Waals surface area contributed by atoms with Crippen molar-refractivity contribution in [1.82, 2.24) is 4.98 Å². The second kappa shape index (κ2) is 4.23. The summed E-state index contributed by atoms with van der Waals surface area (Å²) in [6.45, 7) is 0. The van der Waals surface area contributed by atoms with Gasteiger partial charge in [-0.25, -0.2) is 0 Å². The number of hydrogen-bond donors (Lipinski definition) is 2. The minimum atomic E-state index is 0.0375. The third-order valence-electron chi connectivity index (χ3n) is 5.19. The maximum Gasteiger partial charge on any atom is 0.228 e. The SMILES string of the molecule is O=C1Nc2ccccc2C2Cc3c([nH]c4ccccc34)CC12. The molecule has 22 heavy (non-hydrogen) atoms. The summed E-state index contributed by atoms with van der Waals surface area (Å²) in [7, 11) is 0. The third kappa shape index (κ3) is 1.54. The van der Waals surface area contributed by atoms with Gasteiger partial charge in [0.25, 0.3) is 0 Å². The molecule has 3 aromatic rings. The summed E-state index contributed by atoms with van der Waals surface area (Å²) in [5.74, 6) is 0.486. The lowest BCUT2D eigenvalue weighted by molar-refractivity contribution is -0.121. The van der Waals surface area contributed by atoms with E-state index in [1.165, 1.54) is 27.7 Å². The Morgan fingerprint density at radius 3 is 2.68 bits per heavy atom. The summed E-state index contributed by atoms with van der Waals surface area (Å²) in [5.41, 5.74) is 6.07. The van der Waals surface area contributed by atoms with E-state index in [-0.39, 0.29) is 17.7 Å². The molecule has 0 spiro atoms. The van der Waals surface area contributed by atoms with Crippen LogP contribution in [0.4, 0.5) is 5.69 Å². The van der Waals surface area contributed by atoms with Crippen LogP contribution in [0.5, 0.6) is 0 Å². The Balaban J connectivity index is 1.70. The van der Waals surface area contributed by atoms with Crippen LogP contribution in [0.15, 0.2) is 48.5 Å². The molecule has 0 radical (unpaired) electrons. The first-order chi connectivity index (χ1) is 10.8. The van der Waals surface area contributed by atoms with Crippen molar-refractivity contribution < 1.29 is 4.79 Å². The third-order valence-corrected chi connectivity index (χ3v) is 5.19. The Morgan fingerprint density at radius 1 is 0.909 bits per heavy atom. The average molecular weight is 288 g/mol. The van der Waals surface area contributed by atoms with Crippen LogP contribution >= 0.6 is 0 Å². The predicted octanol–water partition coefficient (Wildman–Crippen LogP) is 3.62. The van der Waals surface area contributed by atoms with Gasteiger partial charge in [-0.3, -0.25) is 4.79 Å². The van der Waals surface area contributed by atoms with E-state index in [1.54, 1.807) is 0 Å². The molecule has 2 atom stereocenters. The number of aromatic nitrogens is 1. The van der Waals surface area contributed by atoms with E-state index >= 15 is 0 Å². The van der Waals surface area contributed by atoms with Gasteiger partial charge in [-0.05, 0) is 36.1 Å². The zero-order valence-electron chi connectivity index (χ0n) is 12.1. The summed E-state index contributed by atoms with van der Waals surface area (Å²) in [6.07, 6.45) is 1.74. The largest absolute Gasteiger partial charge is 0.358 e. The van der Waals surface area contributed by atoms with E-state index in [2.05, 4.69) is 46.7 Å². The van der Waals surface area contributed by atoms with Crippen molar-refractivity contribution in [3.05, 3.63) is 65.4 Å². The van der Waals surface area contributed by atoms with Crippen LogP contribution in [-0.2, 0) is 17.6 Å². The Bertz CT molecular complexity index is 909. The second-order valence-corrected chi connectivity index (χ2v) is 6.33. The van der Waals surface area contributed by atoms with Crippen LogP contribution in [0.25, 0.3) is 10.9 Å². The molecule has 2 N–H and O–H groups in total. The highest BCUT2D eigenvalue weighted by Crippen LogP contribution is 2.44. The average Bonchev–Trinajstić information content (AvgIpc) is 2.91. The quantitative estimate of drug-likeness (QED) is 0.652. The van der Waals surface area contributed by atoms with Crippen LogP contribution in [0, 0.1) is 5.92 Å². The molecule has 2 aliphatic rings. The fourth-order valence-electron chi connectivity index (χ4n) is 4.15. The van der Waals surface area contributed by atoms with Crippen LogP contribution in [-0.4, -0.2) is 10.9 Å². The van der Waals surface area contributed by atoms with Crippen molar-refractivity contribution in [2.75, 3.05) is 5.32 Å². The Morgan fingerprint density at radius 2 is 1.73 bits per heavy atom. The Hall–Kier alpha value is -2.55. The summed E-state index contributed by atoms with van der Waals surface area (Å²) in [5, 5.41) is 4.38. The number of carbonyl (C=O) groups excluding carboxylic acids is 1. The van der Waals surface area contributed by atoms with Crippen molar-refractivity contribution in [1.29, 1.82) is 0 Å². The molecule has 5 rings (SSSR count). The van der Waals surface area contributed by atoms with Gasteiger partial charge < -0.3 is 10.3 Å². The van der Waals surface area contributed by atoms with Gasteiger partial charge in [-0.15, -0.1) is 0 Å². The van der Waals surface area contributed by atoms with Crippen LogP contribution in [0.2, 0.25) is 0 Å². The van der Waals surface area contributed by atoms with Crippen molar-refractivity contribution in [3.63, 3.8) is 0 Å². The van der Waals surface area contributed by atoms with Crippen LogP contribution in [0.1, 0.15) is 22.7 Å². The number of H-pyrrole nitrogens is 1. The first kappa shape index (κ1) is 12.0. The van der Waals surface area contributed by atoms with Gasteiger partial charge in [0.15, 0.2) is 0 Å². The number of hydrogen-bond acceptors (Lipinski definition) is 1. The van der Waals surface area contributed by atoms with Crippen LogP contribution in [0.3, 0.4) is 0 Å². The van der Waals surface area contributed by atoms with E-state index in [4.69, 9.17) is 0 Å². The number of aromatic amines is 1. The van der Waals surface area contributed by atoms with Gasteiger partial charge in [0.05, 0.1) is 5.92 Å². The first-order valence-electron chi connectivity index (χ1n) is 7.79. The Kier molecular flexibility index (Phi) is 2.31. The lowest BCUT2D eigenvalue weighted by Gasteiger charge is -2.36. The minimum absolute atomic E-state index is 0.0375. The van der Waals surface area contributed by atoms with Crippen molar-refractivity contribution >= 4 is 22.5 Å². The van der Waals surface area contributed by atoms with E-state index in [0.29, 0.717) is 0 Å². The standard InChI is InChI=1S/C19H16N2O/c22-19-15-10-18-14(12-6-2-3-7-16(12)20-18)9-13(15)11-5-1-4-8-17(11)21-19/h1-8,13,15,20H,9-10H2,(H,21,22). The van der Waals surface area contributed by atoms with Crippen molar-refractivity contribution in [3.8, 4) is 0 Å². The molecule has 2 heterocycles. The second-order valence-electron chi connectivity index (χ2n) is 6.33. The molecule has 1 amide bonds. The van der Waals surface area contributed by atoms with Gasteiger partial charge in [0, 0.05) is 28.2 Å². The molecular formula is C19H16N2O. The molecule has 0 saturated heterocycles. The maximum absolute atomic E-state index is 12.5. The maximum atomic E-state index is 12.5. The number of nitrogens with one attached hydrogen (secondary N) is 2. The van der Waals surface area contributed by atoms with Crippen molar-refractivity contribution in [2.45, 2.75) is 18.8 Å². The minimum Gasteiger partial charge on any atom is -0.358 e. The Labute approximate surface area is 128 Å². The van der Waals surface area contributed by atoms with Gasteiger partial charge in [0.1, 0.15) is 0 Å². The topological polar surface area (TPSA) is 44.9 Å². The number of anilines is 1. The predicted molar refractivity (Wildman–Crippen MR) is 87.0 cm³/mol. The monoisotopic (exact) mass is 288 g/mol. The summed E-state index contributed by atoms with van der Waals surface area (Å²) in [6, 6.07) is 16.7. The molecular weight excluding hydrogens is 272 g/mol. The number of para-hydroxylation sites is 2. The van der Waals surface area contributed by atoms with E-state index in [9.17, 15) is 4.79 Å². The normalized spacial score (nSPS) is 22.6. The molecule has 1 aliphatic heterocycles. The molecule has 2 unspecified atom stereocenters. The number of carbonyl (C=O) groups is 1. The van der Waals surface area contributed by atoms with E-state index in [1.807, 2.05) is 12.1 Å². The smallest absolute Gasteiger partial charge is 0.228 e. The van der Waals surface area contributed by atoms with Gasteiger partial charge in [-0.1, -0.05) is 36.4 Å². The molecule has 0 fully saturated rings. The molecule has 3 heteroatoms. The number of fused-ring (bicyclic) bond motifs is 6. The fraction of sp³-hybridized carbons (Fsp3) is 0.211. The summed E-state index contributed by atoms with van der Waals surface area (Å²) >= 11 is 0. The van der Waals surface area contributed by atoms with E-state index in [0.717, 1.165) is 18.5 Å². The fourth-order valence-corrected chi connectivity index (χ4v) is 4.15. The zero-order valence-corrected chi connectivity index (χ0v) is 12.1. The molecule has 108 valence electrons. The van der Waals surface area contributed by atoms with E-state index < -0.39 is 0 Å². The summed E-state index contributed by atoms with van der Waals surface area (Å²) in [4.78, 5) is 16.0. The number of amides is 1. The van der Waals surface area contributed by atoms with Crippen molar-refractivity contribution in [2.24, 2.45) is 5.92 Å². The highest BCUT2D eigenvalue weighted by atomic mass is 16.2. The first-order valence-corrected chi connectivity index (χ1v) is 7.79. The highest BCUT2D eigenvalue weighted by Gasteiger charge is 2.40. The van der Waals surface area contributed by atoms with Gasteiger partial charge >= 0.3 is 0 Å². The summed E-state index contributed by atoms with van der Waals surface area (Å²) < 4.78 is 0. The number of benzene rings is 2.